The molecule has 1 amide bonds. The number of anilines is 1. The highest BCUT2D eigenvalue weighted by Crippen LogP contribution is 2.55. The number of rotatable bonds is 6. The third kappa shape index (κ3) is 10.0. The number of nitrogens with zero attached hydrogens (tertiary/aromatic N) is 3. The van der Waals surface area contributed by atoms with Gasteiger partial charge in [-0.1, -0.05) is 88.4 Å². The van der Waals surface area contributed by atoms with E-state index in [9.17, 15) is 39.9 Å². The number of aromatic hydroxyl groups is 3. The van der Waals surface area contributed by atoms with E-state index in [2.05, 4.69) is 40.5 Å². The number of hydrogen-bond acceptors (Lipinski definition) is 15. The highest BCUT2D eigenvalue weighted by Gasteiger charge is 2.50. The lowest BCUT2D eigenvalue weighted by Gasteiger charge is -2.38. The fourth-order valence-electron chi connectivity index (χ4n) is 9.69. The first-order valence-corrected chi connectivity index (χ1v) is 23.3. The van der Waals surface area contributed by atoms with Crippen molar-refractivity contribution in [2.75, 3.05) is 38.6 Å². The average Bonchev–Trinajstić information content (AvgIpc) is 3.60. The first-order valence-electron chi connectivity index (χ1n) is 23.3. The zero-order chi connectivity index (χ0) is 50.1. The molecule has 0 aromatic heterocycles. The molecular weight excluding hydrogens is 885 g/mol. The molecule has 4 aliphatic rings. The van der Waals surface area contributed by atoms with Crippen molar-refractivity contribution in [3.05, 3.63) is 101 Å². The van der Waals surface area contributed by atoms with E-state index in [1.165, 1.54) is 75.8 Å². The van der Waals surface area contributed by atoms with Gasteiger partial charge in [0.2, 0.25) is 0 Å². The Bertz CT molecular complexity index is 2740. The summed E-state index contributed by atoms with van der Waals surface area (Å²) < 4.78 is 23.8. The molecule has 8 rings (SSSR count). The van der Waals surface area contributed by atoms with Crippen molar-refractivity contribution >= 4 is 51.1 Å². The number of Topliss-reactive ketones (excluding diaryl/α,β-unsaturated/α-hetero) is 1. The second kappa shape index (κ2) is 20.6. The number of methoxy groups -OCH3 is 1. The standard InChI is InChI=1S/C53H64N4O12/c1-28-14-12-15-29(2)52(65)55-43-38(26-54-57-23-21-56(22-24-57)27-36-18-13-17-35-16-10-11-19-37(35)36)47(62)40-41(48(43)63)46(61)33(6)50-42(40)51(64)53(8,69-50)67-25-20-39(66-9)30(3)49(68-34(7)58)32(5)45(60)31(4)44(28)59/h10-20,25-26,28,30-32,39,44-45,49,59-63H,21-24,27H2,1-9H3,(H,55,65)/b14-12-,25-20?,29-15-,54-26+/t28-,30+,31+,32+,39-,44-,45+,49+,53-/m0/s1. The predicted octanol–water partition coefficient (Wildman–Crippen LogP) is 7.06. The highest BCUT2D eigenvalue weighted by molar-refractivity contribution is 6.24. The number of phenols is 3. The van der Waals surface area contributed by atoms with Crippen molar-refractivity contribution in [1.29, 1.82) is 0 Å². The molecule has 368 valence electrons. The van der Waals surface area contributed by atoms with Gasteiger partial charge in [-0.25, -0.2) is 0 Å². The second-order valence-electron chi connectivity index (χ2n) is 18.7. The largest absolute Gasteiger partial charge is 0.507 e. The van der Waals surface area contributed by atoms with E-state index in [1.54, 1.807) is 39.8 Å². The van der Waals surface area contributed by atoms with Crippen molar-refractivity contribution in [1.82, 2.24) is 9.91 Å². The van der Waals surface area contributed by atoms with Gasteiger partial charge in [-0.05, 0) is 36.3 Å². The minimum atomic E-state index is -2.06. The van der Waals surface area contributed by atoms with Gasteiger partial charge >= 0.3 is 11.8 Å². The van der Waals surface area contributed by atoms with E-state index in [-0.39, 0.29) is 44.5 Å². The molecule has 0 radical (unpaired) electrons. The molecule has 69 heavy (non-hydrogen) atoms. The van der Waals surface area contributed by atoms with Gasteiger partial charge in [0, 0.05) is 93.9 Å². The van der Waals surface area contributed by atoms with Gasteiger partial charge in [-0.15, -0.1) is 0 Å². The van der Waals surface area contributed by atoms with Gasteiger partial charge in [-0.2, -0.15) is 5.10 Å². The quantitative estimate of drug-likeness (QED) is 0.0494. The van der Waals surface area contributed by atoms with E-state index >= 15 is 0 Å². The summed E-state index contributed by atoms with van der Waals surface area (Å²) in [7, 11) is 1.44. The van der Waals surface area contributed by atoms with Crippen molar-refractivity contribution in [2.45, 2.75) is 92.1 Å². The number of allylic oxidation sites excluding steroid dienone is 2. The molecule has 9 atom stereocenters. The summed E-state index contributed by atoms with van der Waals surface area (Å²) in [5, 5.41) is 70.2. The van der Waals surface area contributed by atoms with Crippen molar-refractivity contribution in [2.24, 2.45) is 28.8 Å². The van der Waals surface area contributed by atoms with Gasteiger partial charge in [0.15, 0.2) is 5.75 Å². The molecule has 4 heterocycles. The van der Waals surface area contributed by atoms with Gasteiger partial charge in [-0.3, -0.25) is 24.3 Å². The molecular formula is C53H64N4O12. The minimum absolute atomic E-state index is 0.0503. The molecule has 1 fully saturated rings. The summed E-state index contributed by atoms with van der Waals surface area (Å²) in [6.45, 7) is 15.7. The van der Waals surface area contributed by atoms with Crippen LogP contribution in [0.1, 0.15) is 75.5 Å². The topological polar surface area (TPSA) is 220 Å². The first kappa shape index (κ1) is 50.4. The number of aliphatic hydroxyl groups excluding tert-OH is 2. The summed E-state index contributed by atoms with van der Waals surface area (Å²) in [5.41, 5.74) is 0.824. The predicted molar refractivity (Wildman–Crippen MR) is 262 cm³/mol. The van der Waals surface area contributed by atoms with Crippen LogP contribution in [0.25, 0.3) is 21.5 Å². The molecule has 1 saturated heterocycles. The Morgan fingerprint density at radius 2 is 1.59 bits per heavy atom. The average molecular weight is 949 g/mol. The number of piperazine rings is 1. The van der Waals surface area contributed by atoms with Crippen LogP contribution in [0.2, 0.25) is 0 Å². The zero-order valence-corrected chi connectivity index (χ0v) is 40.6. The van der Waals surface area contributed by atoms with Crippen LogP contribution in [-0.2, 0) is 30.3 Å². The smallest absolute Gasteiger partial charge is 0.312 e. The van der Waals surface area contributed by atoms with Crippen LogP contribution < -0.4 is 10.1 Å². The number of hydrogen-bond donors (Lipinski definition) is 6. The van der Waals surface area contributed by atoms with Crippen LogP contribution in [0.4, 0.5) is 5.69 Å². The van der Waals surface area contributed by atoms with Crippen molar-refractivity contribution in [3.63, 3.8) is 0 Å². The summed E-state index contributed by atoms with van der Waals surface area (Å²) in [4.78, 5) is 43.3. The third-order valence-corrected chi connectivity index (χ3v) is 14.0. The maximum absolute atomic E-state index is 14.6. The summed E-state index contributed by atoms with van der Waals surface area (Å²) in [6.07, 6.45) is 4.87. The third-order valence-electron chi connectivity index (χ3n) is 14.0. The van der Waals surface area contributed by atoms with Gasteiger partial charge in [0.1, 0.15) is 23.4 Å². The Morgan fingerprint density at radius 3 is 2.29 bits per heavy atom. The van der Waals surface area contributed by atoms with Gasteiger partial charge in [0.05, 0.1) is 53.0 Å². The molecule has 0 aliphatic carbocycles. The lowest BCUT2D eigenvalue weighted by Crippen LogP contribution is -2.46. The lowest BCUT2D eigenvalue weighted by molar-refractivity contribution is -0.160. The molecule has 4 aromatic rings. The van der Waals surface area contributed by atoms with Crippen LogP contribution >= 0.6 is 0 Å². The molecule has 0 saturated carbocycles. The lowest BCUT2D eigenvalue weighted by atomic mass is 9.78. The molecule has 5 bridgehead atoms. The fraction of sp³-hybridized carbons (Fsp3) is 0.434. The number of carbonyl (C=O) groups is 3. The monoisotopic (exact) mass is 948 g/mol. The summed E-state index contributed by atoms with van der Waals surface area (Å²) in [5.74, 6) is -8.45. The number of aliphatic hydroxyl groups is 2. The maximum Gasteiger partial charge on any atom is 0.312 e. The van der Waals surface area contributed by atoms with Crippen LogP contribution in [0.3, 0.4) is 0 Å². The molecule has 4 aliphatic heterocycles. The fourth-order valence-corrected chi connectivity index (χ4v) is 9.69. The number of nitrogens with one attached hydrogen (secondary N) is 1. The maximum atomic E-state index is 14.6. The molecule has 4 aromatic carbocycles. The first-order chi connectivity index (χ1) is 32.8. The number of hydrazone groups is 1. The van der Waals surface area contributed by atoms with Crippen molar-refractivity contribution < 1.29 is 58.9 Å². The van der Waals surface area contributed by atoms with E-state index in [0.29, 0.717) is 26.2 Å². The molecule has 16 nitrogen and oxygen atoms in total. The van der Waals surface area contributed by atoms with Crippen LogP contribution in [0, 0.1) is 30.6 Å². The van der Waals surface area contributed by atoms with Gasteiger partial charge < -0.3 is 49.8 Å². The van der Waals surface area contributed by atoms with Crippen LogP contribution in [-0.4, -0.2) is 123 Å². The summed E-state index contributed by atoms with van der Waals surface area (Å²) >= 11 is 0. The number of ether oxygens (including phenoxy) is 4. The Labute approximate surface area is 402 Å². The Hall–Kier alpha value is -6.46. The SMILES string of the molecule is CO[C@H]1C=CO[C@@]2(C)Oc3c(C)c(O)c4c(O)c(c(/C=N/N5CCN(Cc6cccc7ccccc67)CC5)c(O)c4c3C2=O)NC(=O)/C(C)=C\C=C/[C@H](C)[C@H](O)[C@@H](C)[C@@H](O)[C@@H](C)[C@H](OC(C)=O)[C@@H]1C. The number of benzene rings is 4. The van der Waals surface area contributed by atoms with Crippen LogP contribution in [0.15, 0.2) is 83.7 Å². The Balaban J connectivity index is 1.29. The minimum Gasteiger partial charge on any atom is -0.507 e. The van der Waals surface area contributed by atoms with E-state index in [1.807, 2.05) is 17.1 Å². The Kier molecular flexibility index (Phi) is 15.1. The number of phenolic OH excluding ortho intramolecular Hbond substituents is 3. The van der Waals surface area contributed by atoms with Crippen LogP contribution in [0.5, 0.6) is 23.0 Å². The van der Waals surface area contributed by atoms with E-state index in [0.717, 1.165) is 6.54 Å². The number of amides is 1. The van der Waals surface area contributed by atoms with E-state index in [4.69, 9.17) is 24.0 Å². The number of fused-ring (bicyclic) bond motifs is 15. The molecule has 0 spiro atoms. The Morgan fingerprint density at radius 1 is 0.899 bits per heavy atom. The second-order valence-corrected chi connectivity index (χ2v) is 18.7. The van der Waals surface area contributed by atoms with Crippen molar-refractivity contribution in [3.8, 4) is 23.0 Å². The molecule has 6 N–H and O–H groups in total. The highest BCUT2D eigenvalue weighted by atomic mass is 16.7. The van der Waals surface area contributed by atoms with E-state index < -0.39 is 88.8 Å². The normalized spacial score (nSPS) is 28.7. The number of ketones is 1. The molecule has 0 unspecified atom stereocenters. The van der Waals surface area contributed by atoms with Gasteiger partial charge in [0.25, 0.3) is 11.7 Å². The zero-order valence-electron chi connectivity index (χ0n) is 40.6. The summed E-state index contributed by atoms with van der Waals surface area (Å²) in [6, 6.07) is 14.5. The molecule has 16 heteroatoms. The number of carbonyl (C=O) groups excluding carboxylic acids is 3. The number of esters is 1.